The molecule has 0 unspecified atom stereocenters. The zero-order valence-electron chi connectivity index (χ0n) is 11.6. The number of hydrogen-bond acceptors (Lipinski definition) is 2. The molecule has 0 saturated heterocycles. The predicted octanol–water partition coefficient (Wildman–Crippen LogP) is 3.89. The molecule has 0 aromatic rings. The van der Waals surface area contributed by atoms with Gasteiger partial charge in [0, 0.05) is 13.2 Å². The van der Waals surface area contributed by atoms with Crippen molar-refractivity contribution in [2.24, 2.45) is 11.8 Å². The fourth-order valence-corrected chi connectivity index (χ4v) is 1.40. The molecule has 0 saturated carbocycles. The number of rotatable bonds is 11. The lowest BCUT2D eigenvalue weighted by atomic mass is 10.1. The van der Waals surface area contributed by atoms with Gasteiger partial charge < -0.3 is 9.47 Å². The maximum Gasteiger partial charge on any atom is 0.0700 e. The summed E-state index contributed by atoms with van der Waals surface area (Å²) in [4.78, 5) is 0. The third kappa shape index (κ3) is 13.9. The van der Waals surface area contributed by atoms with Crippen LogP contribution in [-0.2, 0) is 9.47 Å². The quantitative estimate of drug-likeness (QED) is 0.501. The smallest absolute Gasteiger partial charge is 0.0700 e. The van der Waals surface area contributed by atoms with Crippen molar-refractivity contribution in [1.29, 1.82) is 0 Å². The van der Waals surface area contributed by atoms with Gasteiger partial charge in [-0.3, -0.25) is 0 Å². The van der Waals surface area contributed by atoms with Crippen molar-refractivity contribution in [2.75, 3.05) is 26.4 Å². The van der Waals surface area contributed by atoms with Crippen LogP contribution in [0.3, 0.4) is 0 Å². The third-order valence-electron chi connectivity index (χ3n) is 2.53. The maximum atomic E-state index is 5.50. The largest absolute Gasteiger partial charge is 0.379 e. The highest BCUT2D eigenvalue weighted by molar-refractivity contribution is 4.46. The summed E-state index contributed by atoms with van der Waals surface area (Å²) < 4.78 is 11.0. The van der Waals surface area contributed by atoms with Gasteiger partial charge in [0.15, 0.2) is 0 Å². The summed E-state index contributed by atoms with van der Waals surface area (Å²) in [6, 6.07) is 0. The van der Waals surface area contributed by atoms with Crippen LogP contribution in [0, 0.1) is 11.8 Å². The van der Waals surface area contributed by atoms with E-state index in [4.69, 9.17) is 9.47 Å². The van der Waals surface area contributed by atoms with E-state index in [1.165, 1.54) is 19.3 Å². The van der Waals surface area contributed by atoms with Crippen molar-refractivity contribution in [3.8, 4) is 0 Å². The lowest BCUT2D eigenvalue weighted by molar-refractivity contribution is 0.0425. The van der Waals surface area contributed by atoms with Gasteiger partial charge in [-0.2, -0.15) is 0 Å². The topological polar surface area (TPSA) is 18.5 Å². The second-order valence-electron chi connectivity index (χ2n) is 5.30. The Balaban J connectivity index is 2.93. The molecule has 0 aromatic heterocycles. The summed E-state index contributed by atoms with van der Waals surface area (Å²) in [6.07, 6.45) is 4.93. The summed E-state index contributed by atoms with van der Waals surface area (Å²) in [5.41, 5.74) is 0. The van der Waals surface area contributed by atoms with E-state index in [9.17, 15) is 0 Å². The summed E-state index contributed by atoms with van der Waals surface area (Å²) in [5, 5.41) is 0. The van der Waals surface area contributed by atoms with Crippen molar-refractivity contribution in [3.05, 3.63) is 0 Å². The van der Waals surface area contributed by atoms with Crippen LogP contribution in [0.4, 0.5) is 0 Å². The highest BCUT2D eigenvalue weighted by Gasteiger charge is 1.95. The monoisotopic (exact) mass is 230 g/mol. The van der Waals surface area contributed by atoms with E-state index in [0.717, 1.165) is 44.7 Å². The van der Waals surface area contributed by atoms with Gasteiger partial charge in [0.25, 0.3) is 0 Å². The fraction of sp³-hybridized carbons (Fsp3) is 1.00. The van der Waals surface area contributed by atoms with E-state index in [1.54, 1.807) is 0 Å². The lowest BCUT2D eigenvalue weighted by Crippen LogP contribution is -2.07. The summed E-state index contributed by atoms with van der Waals surface area (Å²) >= 11 is 0. The minimum absolute atomic E-state index is 0.733. The van der Waals surface area contributed by atoms with Crippen LogP contribution in [-0.4, -0.2) is 26.4 Å². The van der Waals surface area contributed by atoms with Gasteiger partial charge in [0.1, 0.15) is 0 Å². The van der Waals surface area contributed by atoms with Crippen molar-refractivity contribution in [2.45, 2.75) is 53.4 Å². The van der Waals surface area contributed by atoms with Gasteiger partial charge in [-0.05, 0) is 24.7 Å². The molecule has 0 spiro atoms. The maximum absolute atomic E-state index is 5.50. The number of hydrogen-bond donors (Lipinski definition) is 0. The van der Waals surface area contributed by atoms with E-state index in [-0.39, 0.29) is 0 Å². The van der Waals surface area contributed by atoms with E-state index < -0.39 is 0 Å². The van der Waals surface area contributed by atoms with E-state index in [2.05, 4.69) is 27.7 Å². The standard InChI is InChI=1S/C14H30O2/c1-13(2)7-5-6-9-15-11-12-16-10-8-14(3)4/h13-14H,5-12H2,1-4H3. The lowest BCUT2D eigenvalue weighted by Gasteiger charge is -2.07. The molecule has 0 bridgehead atoms. The first kappa shape index (κ1) is 15.9. The average Bonchev–Trinajstić information content (AvgIpc) is 2.20. The van der Waals surface area contributed by atoms with Crippen molar-refractivity contribution in [3.63, 3.8) is 0 Å². The van der Waals surface area contributed by atoms with Gasteiger partial charge in [-0.25, -0.2) is 0 Å². The Kier molecular flexibility index (Phi) is 11.3. The predicted molar refractivity (Wildman–Crippen MR) is 69.8 cm³/mol. The fourth-order valence-electron chi connectivity index (χ4n) is 1.40. The van der Waals surface area contributed by atoms with Crippen molar-refractivity contribution in [1.82, 2.24) is 0 Å². The van der Waals surface area contributed by atoms with Crippen LogP contribution in [0.15, 0.2) is 0 Å². The van der Waals surface area contributed by atoms with E-state index in [1.807, 2.05) is 0 Å². The molecule has 0 aliphatic heterocycles. The first-order valence-electron chi connectivity index (χ1n) is 6.78. The highest BCUT2D eigenvalue weighted by atomic mass is 16.5. The van der Waals surface area contributed by atoms with Crippen LogP contribution >= 0.6 is 0 Å². The summed E-state index contributed by atoms with van der Waals surface area (Å²) in [5.74, 6) is 1.55. The molecule has 0 radical (unpaired) electrons. The molecule has 98 valence electrons. The molecule has 0 aromatic carbocycles. The van der Waals surface area contributed by atoms with Crippen LogP contribution in [0.5, 0.6) is 0 Å². The zero-order valence-corrected chi connectivity index (χ0v) is 11.6. The molecule has 0 heterocycles. The molecular weight excluding hydrogens is 200 g/mol. The molecule has 2 nitrogen and oxygen atoms in total. The molecule has 0 aliphatic rings. The molecule has 0 rings (SSSR count). The third-order valence-corrected chi connectivity index (χ3v) is 2.53. The van der Waals surface area contributed by atoms with Gasteiger partial charge in [-0.1, -0.05) is 40.5 Å². The SMILES string of the molecule is CC(C)CCCCOCCOCCC(C)C. The van der Waals surface area contributed by atoms with Gasteiger partial charge in [-0.15, -0.1) is 0 Å². The van der Waals surface area contributed by atoms with Crippen LogP contribution in [0.1, 0.15) is 53.4 Å². The van der Waals surface area contributed by atoms with Gasteiger partial charge in [0.05, 0.1) is 13.2 Å². The van der Waals surface area contributed by atoms with Gasteiger partial charge >= 0.3 is 0 Å². The Hall–Kier alpha value is -0.0800. The molecular formula is C14H30O2. The Morgan fingerprint density at radius 3 is 1.75 bits per heavy atom. The first-order valence-corrected chi connectivity index (χ1v) is 6.78. The zero-order chi connectivity index (χ0) is 12.2. The molecule has 0 aliphatic carbocycles. The average molecular weight is 230 g/mol. The molecule has 0 N–H and O–H groups in total. The molecule has 0 fully saturated rings. The van der Waals surface area contributed by atoms with Crippen molar-refractivity contribution >= 4 is 0 Å². The normalized spacial score (nSPS) is 11.6. The number of ether oxygens (including phenoxy) is 2. The highest BCUT2D eigenvalue weighted by Crippen LogP contribution is 2.05. The molecule has 0 amide bonds. The Morgan fingerprint density at radius 2 is 1.19 bits per heavy atom. The van der Waals surface area contributed by atoms with Gasteiger partial charge in [0.2, 0.25) is 0 Å². The van der Waals surface area contributed by atoms with E-state index >= 15 is 0 Å². The summed E-state index contributed by atoms with van der Waals surface area (Å²) in [7, 11) is 0. The minimum Gasteiger partial charge on any atom is -0.379 e. The first-order chi connectivity index (χ1) is 7.63. The molecule has 16 heavy (non-hydrogen) atoms. The second kappa shape index (κ2) is 11.4. The van der Waals surface area contributed by atoms with Crippen LogP contribution in [0.25, 0.3) is 0 Å². The molecule has 2 heteroatoms. The summed E-state index contributed by atoms with van der Waals surface area (Å²) in [6.45, 7) is 12.2. The Morgan fingerprint density at radius 1 is 0.625 bits per heavy atom. The minimum atomic E-state index is 0.733. The molecule has 0 atom stereocenters. The Labute approximate surface area is 102 Å². The van der Waals surface area contributed by atoms with Crippen LogP contribution < -0.4 is 0 Å². The second-order valence-corrected chi connectivity index (χ2v) is 5.30. The van der Waals surface area contributed by atoms with E-state index in [0.29, 0.717) is 0 Å². The van der Waals surface area contributed by atoms with Crippen LogP contribution in [0.2, 0.25) is 0 Å². The number of unbranched alkanes of at least 4 members (excludes halogenated alkanes) is 1. The van der Waals surface area contributed by atoms with Crippen molar-refractivity contribution < 1.29 is 9.47 Å². The Bertz CT molecular complexity index is 117.